The normalized spacial score (nSPS) is 11.7. The summed E-state index contributed by atoms with van der Waals surface area (Å²) in [4.78, 5) is 22.5. The first-order valence-corrected chi connectivity index (χ1v) is 10.1. The molecule has 1 atom stereocenters. The van der Waals surface area contributed by atoms with Crippen molar-refractivity contribution in [3.05, 3.63) is 40.0 Å². The molecule has 0 amide bonds. The van der Waals surface area contributed by atoms with Crippen LogP contribution in [0, 0.1) is 4.64 Å². The summed E-state index contributed by atoms with van der Waals surface area (Å²) >= 11 is 11.1. The van der Waals surface area contributed by atoms with E-state index in [9.17, 15) is 9.59 Å². The summed E-state index contributed by atoms with van der Waals surface area (Å²) in [6, 6.07) is 8.54. The first-order valence-electron chi connectivity index (χ1n) is 9.29. The molecular weight excluding hydrogens is 426 g/mol. The van der Waals surface area contributed by atoms with E-state index in [4.69, 9.17) is 39.0 Å². The van der Waals surface area contributed by atoms with Crippen molar-refractivity contribution in [2.75, 3.05) is 6.61 Å². The van der Waals surface area contributed by atoms with Crippen LogP contribution >= 0.6 is 23.8 Å². The van der Waals surface area contributed by atoms with E-state index >= 15 is 0 Å². The van der Waals surface area contributed by atoms with Gasteiger partial charge < -0.3 is 15.2 Å². The van der Waals surface area contributed by atoms with Crippen molar-refractivity contribution in [2.45, 2.75) is 52.7 Å². The Labute approximate surface area is 186 Å². The van der Waals surface area contributed by atoms with Gasteiger partial charge in [-0.3, -0.25) is 14.7 Å². The van der Waals surface area contributed by atoms with Gasteiger partial charge in [0, 0.05) is 29.5 Å². The van der Waals surface area contributed by atoms with Crippen molar-refractivity contribution in [1.82, 2.24) is 10.2 Å². The SMILES string of the molecule is CC(=O)CC(COc1ccc(Cl)cc1-c1ccc(=S)[nH]n1)OC(C)=O.CC(C)(C)N. The van der Waals surface area contributed by atoms with Gasteiger partial charge in [0.05, 0.1) is 5.69 Å². The van der Waals surface area contributed by atoms with E-state index < -0.39 is 12.1 Å². The molecule has 2 rings (SSSR count). The van der Waals surface area contributed by atoms with Crippen LogP contribution in [0.1, 0.15) is 41.0 Å². The predicted octanol–water partition coefficient (Wildman–Crippen LogP) is 4.49. The Hall–Kier alpha value is -2.29. The fraction of sp³-hybridized carbons (Fsp3) is 0.429. The maximum atomic E-state index is 11.3. The molecular formula is C21H28ClN3O4S. The number of carbonyl (C=O) groups excluding carboxylic acids is 2. The minimum absolute atomic E-state index is 0. The summed E-state index contributed by atoms with van der Waals surface area (Å²) < 4.78 is 11.4. The molecule has 0 radical (unpaired) electrons. The summed E-state index contributed by atoms with van der Waals surface area (Å²) in [5, 5.41) is 7.40. The Morgan fingerprint density at radius 3 is 2.37 bits per heavy atom. The van der Waals surface area contributed by atoms with Crippen LogP contribution in [0.25, 0.3) is 11.3 Å². The quantitative estimate of drug-likeness (QED) is 0.469. The Morgan fingerprint density at radius 1 is 1.23 bits per heavy atom. The van der Waals surface area contributed by atoms with Crippen molar-refractivity contribution in [1.29, 1.82) is 0 Å². The van der Waals surface area contributed by atoms with E-state index in [1.165, 1.54) is 13.8 Å². The average molecular weight is 454 g/mol. The number of H-pyrrole nitrogens is 1. The molecule has 0 fully saturated rings. The van der Waals surface area contributed by atoms with Crippen LogP contribution in [0.15, 0.2) is 30.3 Å². The van der Waals surface area contributed by atoms with Gasteiger partial charge in [0.1, 0.15) is 28.9 Å². The topological polar surface area (TPSA) is 107 Å². The van der Waals surface area contributed by atoms with E-state index in [0.29, 0.717) is 26.7 Å². The Balaban J connectivity index is 0.000000804. The minimum atomic E-state index is -0.659. The number of rotatable bonds is 7. The van der Waals surface area contributed by atoms with Crippen molar-refractivity contribution in [2.24, 2.45) is 5.73 Å². The number of ether oxygens (including phenoxy) is 2. The summed E-state index contributed by atoms with van der Waals surface area (Å²) in [5.41, 5.74) is 6.61. The molecule has 1 heterocycles. The number of esters is 1. The van der Waals surface area contributed by atoms with Gasteiger partial charge in [-0.05, 0) is 58.0 Å². The predicted molar refractivity (Wildman–Crippen MR) is 120 cm³/mol. The highest BCUT2D eigenvalue weighted by atomic mass is 35.5. The number of nitrogens with one attached hydrogen (secondary N) is 1. The maximum Gasteiger partial charge on any atom is 0.303 e. The number of nitrogens with zero attached hydrogens (tertiary/aromatic N) is 1. The van der Waals surface area contributed by atoms with Crippen molar-refractivity contribution < 1.29 is 19.1 Å². The number of Topliss-reactive ketones (excluding diaryl/α,β-unsaturated/α-hetero) is 1. The summed E-state index contributed by atoms with van der Waals surface area (Å²) in [7, 11) is 0. The molecule has 3 N–H and O–H groups in total. The van der Waals surface area contributed by atoms with Gasteiger partial charge in [-0.25, -0.2) is 0 Å². The van der Waals surface area contributed by atoms with Gasteiger partial charge in [0.25, 0.3) is 0 Å². The third kappa shape index (κ3) is 11.0. The van der Waals surface area contributed by atoms with Gasteiger partial charge in [-0.15, -0.1) is 0 Å². The number of benzene rings is 1. The van der Waals surface area contributed by atoms with Gasteiger partial charge >= 0.3 is 5.97 Å². The highest BCUT2D eigenvalue weighted by Gasteiger charge is 2.17. The second-order valence-electron chi connectivity index (χ2n) is 7.76. The lowest BCUT2D eigenvalue weighted by Crippen LogP contribution is -2.26. The van der Waals surface area contributed by atoms with Crippen molar-refractivity contribution >= 4 is 35.6 Å². The number of halogens is 1. The molecule has 7 nitrogen and oxygen atoms in total. The number of aromatic nitrogens is 2. The summed E-state index contributed by atoms with van der Waals surface area (Å²) in [5.74, 6) is -0.0601. The molecule has 2 aromatic rings. The molecule has 164 valence electrons. The second-order valence-corrected chi connectivity index (χ2v) is 8.64. The molecule has 0 aliphatic rings. The lowest BCUT2D eigenvalue weighted by Gasteiger charge is -2.18. The molecule has 1 aromatic carbocycles. The number of hydrogen-bond acceptors (Lipinski definition) is 7. The largest absolute Gasteiger partial charge is 0.489 e. The van der Waals surface area contributed by atoms with Gasteiger partial charge in [0.15, 0.2) is 0 Å². The van der Waals surface area contributed by atoms with Crippen LogP contribution in [0.3, 0.4) is 0 Å². The molecule has 0 aliphatic heterocycles. The zero-order valence-corrected chi connectivity index (χ0v) is 19.4. The number of nitrogens with two attached hydrogens (primary N) is 1. The third-order valence-electron chi connectivity index (χ3n) is 3.17. The van der Waals surface area contributed by atoms with Crippen molar-refractivity contribution in [3.8, 4) is 17.0 Å². The maximum absolute atomic E-state index is 11.3. The van der Waals surface area contributed by atoms with E-state index in [1.54, 1.807) is 30.3 Å². The van der Waals surface area contributed by atoms with E-state index in [1.807, 2.05) is 20.8 Å². The zero-order valence-electron chi connectivity index (χ0n) is 17.8. The van der Waals surface area contributed by atoms with Crippen LogP contribution in [-0.4, -0.2) is 40.2 Å². The van der Waals surface area contributed by atoms with Gasteiger partial charge in [-0.1, -0.05) is 23.8 Å². The molecule has 0 saturated carbocycles. The van der Waals surface area contributed by atoms with Crippen LogP contribution in [-0.2, 0) is 14.3 Å². The van der Waals surface area contributed by atoms with Crippen LogP contribution < -0.4 is 10.5 Å². The first-order chi connectivity index (χ1) is 13.8. The second kappa shape index (κ2) is 11.8. The Morgan fingerprint density at radius 2 is 1.87 bits per heavy atom. The molecule has 0 spiro atoms. The van der Waals surface area contributed by atoms with E-state index in [-0.39, 0.29) is 24.3 Å². The fourth-order valence-electron chi connectivity index (χ4n) is 2.20. The highest BCUT2D eigenvalue weighted by Crippen LogP contribution is 2.31. The number of aromatic amines is 1. The smallest absolute Gasteiger partial charge is 0.303 e. The molecule has 1 unspecified atom stereocenters. The molecule has 0 bridgehead atoms. The molecule has 9 heteroatoms. The van der Waals surface area contributed by atoms with Gasteiger partial charge in [0.2, 0.25) is 0 Å². The monoisotopic (exact) mass is 453 g/mol. The van der Waals surface area contributed by atoms with Crippen LogP contribution in [0.5, 0.6) is 5.75 Å². The molecule has 0 saturated heterocycles. The highest BCUT2D eigenvalue weighted by molar-refractivity contribution is 7.71. The van der Waals surface area contributed by atoms with Crippen LogP contribution in [0.2, 0.25) is 5.02 Å². The molecule has 1 aromatic heterocycles. The summed E-state index contributed by atoms with van der Waals surface area (Å²) in [6.07, 6.45) is -0.577. The van der Waals surface area contributed by atoms with Crippen molar-refractivity contribution in [3.63, 3.8) is 0 Å². The molecule has 0 aliphatic carbocycles. The average Bonchev–Trinajstić information content (AvgIpc) is 2.58. The van der Waals surface area contributed by atoms with Crippen LogP contribution in [0.4, 0.5) is 0 Å². The van der Waals surface area contributed by atoms with E-state index in [0.717, 1.165) is 0 Å². The zero-order chi connectivity index (χ0) is 22.9. The molecule has 30 heavy (non-hydrogen) atoms. The Kier molecular flexibility index (Phi) is 10.1. The minimum Gasteiger partial charge on any atom is -0.489 e. The fourth-order valence-corrected chi connectivity index (χ4v) is 2.48. The first kappa shape index (κ1) is 25.7. The number of hydrogen-bond donors (Lipinski definition) is 2. The number of ketones is 1. The lowest BCUT2D eigenvalue weighted by molar-refractivity contribution is -0.149. The summed E-state index contributed by atoms with van der Waals surface area (Å²) in [6.45, 7) is 8.65. The standard InChI is InChI=1S/C17H17ClN2O4S.C4H11N/c1-10(21)7-13(24-11(2)22)9-23-16-5-3-12(18)8-14(16)15-4-6-17(25)20-19-15;1-4(2,3)5/h3-6,8,13H,7,9H2,1-2H3,(H,20,25);5H2,1-3H3. The lowest BCUT2D eigenvalue weighted by atomic mass is 10.1. The third-order valence-corrected chi connectivity index (χ3v) is 3.63. The van der Waals surface area contributed by atoms with E-state index in [2.05, 4.69) is 10.2 Å². The van der Waals surface area contributed by atoms with Gasteiger partial charge in [-0.2, -0.15) is 5.10 Å². The Bertz CT molecular complexity index is 883. The number of carbonyl (C=O) groups is 2.